The summed E-state index contributed by atoms with van der Waals surface area (Å²) >= 11 is 0. The van der Waals surface area contributed by atoms with Crippen molar-refractivity contribution in [2.24, 2.45) is 0 Å². The molecule has 0 saturated carbocycles. The Kier molecular flexibility index (Phi) is 12.0. The molecule has 0 spiro atoms. The van der Waals surface area contributed by atoms with Crippen molar-refractivity contribution in [2.75, 3.05) is 0 Å². The number of phenolic OH excluding ortho intramolecular Hbond substituents is 3. The van der Waals surface area contributed by atoms with Gasteiger partial charge in [-0.05, 0) is 113 Å². The van der Waals surface area contributed by atoms with Crippen LogP contribution in [0.2, 0.25) is 0 Å². The Bertz CT molecular complexity index is 1810. The molecular formula is C48H70N3O6-. The van der Waals surface area contributed by atoms with Crippen molar-refractivity contribution in [3.8, 4) is 17.2 Å². The van der Waals surface area contributed by atoms with Gasteiger partial charge >= 0.3 is 6.03 Å². The number of aromatic hydroxyl groups is 3. The maximum absolute atomic E-state index is 14.7. The molecule has 314 valence electrons. The molecule has 1 heterocycles. The highest BCUT2D eigenvalue weighted by Crippen LogP contribution is 2.44. The molecule has 9 heteroatoms. The van der Waals surface area contributed by atoms with Crippen LogP contribution in [0, 0.1) is 5.21 Å². The van der Waals surface area contributed by atoms with Gasteiger partial charge in [-0.3, -0.25) is 19.9 Å². The van der Waals surface area contributed by atoms with Gasteiger partial charge in [-0.15, -0.1) is 0 Å². The highest BCUT2D eigenvalue weighted by Gasteiger charge is 2.42. The van der Waals surface area contributed by atoms with Crippen molar-refractivity contribution in [1.82, 2.24) is 15.1 Å². The Morgan fingerprint density at radius 3 is 1.02 bits per heavy atom. The third-order valence-corrected chi connectivity index (χ3v) is 11.0. The number of hydrazine groups is 1. The van der Waals surface area contributed by atoms with Crippen LogP contribution in [0.1, 0.15) is 175 Å². The van der Waals surface area contributed by atoms with Crippen molar-refractivity contribution < 1.29 is 24.9 Å². The Morgan fingerprint density at radius 2 is 0.737 bits per heavy atom. The number of benzene rings is 3. The van der Waals surface area contributed by atoms with Gasteiger partial charge in [0, 0.05) is 0 Å². The van der Waals surface area contributed by atoms with Crippen LogP contribution in [0.15, 0.2) is 36.4 Å². The molecule has 0 radical (unpaired) electrons. The maximum Gasteiger partial charge on any atom is 0.341 e. The third-order valence-electron chi connectivity index (χ3n) is 11.0. The van der Waals surface area contributed by atoms with E-state index in [2.05, 4.69) is 0 Å². The van der Waals surface area contributed by atoms with Gasteiger partial charge in [0.15, 0.2) is 0 Å². The Balaban J connectivity index is 1.95. The molecule has 3 N–H and O–H groups in total. The molecule has 1 aliphatic rings. The summed E-state index contributed by atoms with van der Waals surface area (Å²) < 4.78 is 0. The molecule has 4 rings (SSSR count). The van der Waals surface area contributed by atoms with E-state index < -0.39 is 50.5 Å². The number of rotatable bonds is 6. The summed E-state index contributed by atoms with van der Waals surface area (Å²) in [5.41, 5.74) is 3.53. The van der Waals surface area contributed by atoms with Crippen LogP contribution in [-0.4, -0.2) is 48.4 Å². The van der Waals surface area contributed by atoms with Gasteiger partial charge < -0.3 is 20.5 Å². The maximum atomic E-state index is 14.7. The summed E-state index contributed by atoms with van der Waals surface area (Å²) in [5.74, 6) is -0.0632. The molecule has 0 bridgehead atoms. The summed E-state index contributed by atoms with van der Waals surface area (Å²) in [6.45, 7) is 35.9. The minimum Gasteiger partial charge on any atom is -0.766 e. The van der Waals surface area contributed by atoms with E-state index >= 15 is 0 Å². The first-order valence-electron chi connectivity index (χ1n) is 20.2. The van der Waals surface area contributed by atoms with Gasteiger partial charge in [0.2, 0.25) is 5.91 Å². The molecule has 9 nitrogen and oxygen atoms in total. The summed E-state index contributed by atoms with van der Waals surface area (Å²) in [6, 6.07) is 9.06. The van der Waals surface area contributed by atoms with Crippen LogP contribution >= 0.6 is 0 Å². The van der Waals surface area contributed by atoms with Gasteiger partial charge in [0.1, 0.15) is 17.2 Å². The number of hydrogen-bond donors (Lipinski definition) is 3. The number of nitrogens with zero attached hydrogens (tertiary/aromatic N) is 3. The van der Waals surface area contributed by atoms with E-state index in [1.807, 2.05) is 161 Å². The van der Waals surface area contributed by atoms with Gasteiger partial charge in [-0.25, -0.2) is 4.79 Å². The van der Waals surface area contributed by atoms with E-state index in [-0.39, 0.29) is 36.8 Å². The van der Waals surface area contributed by atoms with Crippen LogP contribution in [0.25, 0.3) is 0 Å². The molecule has 1 unspecified atom stereocenters. The van der Waals surface area contributed by atoms with Crippen LogP contribution < -0.4 is 0 Å². The van der Waals surface area contributed by atoms with Crippen LogP contribution in [-0.2, 0) is 56.8 Å². The van der Waals surface area contributed by atoms with Crippen molar-refractivity contribution in [3.05, 3.63) is 91.7 Å². The number of urea groups is 1. The largest absolute Gasteiger partial charge is 0.766 e. The van der Waals surface area contributed by atoms with Crippen molar-refractivity contribution >= 4 is 11.9 Å². The fourth-order valence-electron chi connectivity index (χ4n) is 7.60. The van der Waals surface area contributed by atoms with Crippen molar-refractivity contribution in [1.29, 1.82) is 0 Å². The standard InChI is InChI=1S/C48H70N3O6/c1-43(2,3)31-19-28(20-32(38(31)52)44(4,5)6)25-37-41(55)49(26-29-21-33(45(7,8)9)39(53)34(22-29)46(10,11)12)42(56)50(51(37)57)27-30-23-35(47(13,14)15)40(54)36(24-30)48(16,17)18/h19-24,37,52-54H,25-27H2,1-18H3/q-1. The first-order chi connectivity index (χ1) is 25.5. The second kappa shape index (κ2) is 14.9. The molecule has 3 aromatic carbocycles. The van der Waals surface area contributed by atoms with Gasteiger partial charge in [0.05, 0.1) is 19.1 Å². The second-order valence-electron chi connectivity index (χ2n) is 22.4. The third kappa shape index (κ3) is 9.63. The zero-order valence-electron chi connectivity index (χ0n) is 38.1. The minimum absolute atomic E-state index is 0.0127. The molecule has 1 saturated heterocycles. The van der Waals surface area contributed by atoms with E-state index in [0.717, 1.165) is 9.91 Å². The first-order valence-corrected chi connectivity index (χ1v) is 20.2. The van der Waals surface area contributed by atoms with Gasteiger partial charge in [-0.2, -0.15) is 0 Å². The fourth-order valence-corrected chi connectivity index (χ4v) is 7.60. The van der Waals surface area contributed by atoms with Gasteiger partial charge in [-0.1, -0.05) is 137 Å². The average Bonchev–Trinajstić information content (AvgIpc) is 3.02. The molecule has 3 aromatic rings. The molecular weight excluding hydrogens is 715 g/mol. The van der Waals surface area contributed by atoms with E-state index in [1.54, 1.807) is 0 Å². The topological polar surface area (TPSA) is 128 Å². The van der Waals surface area contributed by atoms with Crippen LogP contribution in [0.3, 0.4) is 0 Å². The molecule has 1 atom stereocenters. The quantitative estimate of drug-likeness (QED) is 0.227. The number of amides is 3. The summed E-state index contributed by atoms with van der Waals surface area (Å²) in [6.07, 6.45) is -0.0127. The van der Waals surface area contributed by atoms with Crippen LogP contribution in [0.4, 0.5) is 4.79 Å². The van der Waals surface area contributed by atoms with Crippen LogP contribution in [0.5, 0.6) is 17.2 Å². The van der Waals surface area contributed by atoms with E-state index in [0.29, 0.717) is 55.2 Å². The van der Waals surface area contributed by atoms with Crippen molar-refractivity contribution in [2.45, 2.75) is 183 Å². The Labute approximate surface area is 342 Å². The Morgan fingerprint density at radius 1 is 0.474 bits per heavy atom. The lowest BCUT2D eigenvalue weighted by Gasteiger charge is -2.51. The number of hydrogen-bond acceptors (Lipinski definition) is 7. The SMILES string of the molecule is CC(C)(C)c1cc(CC2C(=O)N(Cc3cc(C(C)(C)C)c(O)c(C(C)(C)C)c3)C(=O)N(Cc3cc(C(C)(C)C)c(O)c(C(C)(C)C)c3)N2[O-])cc(C(C)(C)C)c1O. The number of hydroxylamine groups is 1. The highest BCUT2D eigenvalue weighted by molar-refractivity contribution is 5.99. The average molecular weight is 785 g/mol. The summed E-state index contributed by atoms with van der Waals surface area (Å²) in [4.78, 5) is 30.6. The lowest BCUT2D eigenvalue weighted by molar-refractivity contribution is -0.147. The first kappa shape index (κ1) is 45.6. The fraction of sp³-hybridized carbons (Fsp3) is 0.583. The Hall–Kier alpha value is -4.08. The number of carbonyl (C=O) groups excluding carboxylic acids is 2. The van der Waals surface area contributed by atoms with Crippen molar-refractivity contribution in [3.63, 3.8) is 0 Å². The zero-order valence-corrected chi connectivity index (χ0v) is 38.1. The summed E-state index contributed by atoms with van der Waals surface area (Å²) in [7, 11) is 0. The smallest absolute Gasteiger partial charge is 0.341 e. The van der Waals surface area contributed by atoms with Gasteiger partial charge in [0.25, 0.3) is 0 Å². The summed E-state index contributed by atoms with van der Waals surface area (Å²) in [5, 5.41) is 50.7. The predicted molar refractivity (Wildman–Crippen MR) is 231 cm³/mol. The number of carbonyl (C=O) groups is 2. The predicted octanol–water partition coefficient (Wildman–Crippen LogP) is 10.9. The minimum atomic E-state index is -1.31. The zero-order chi connectivity index (χ0) is 43.8. The number of imide groups is 1. The second-order valence-corrected chi connectivity index (χ2v) is 22.4. The molecule has 3 amide bonds. The van der Waals surface area contributed by atoms with E-state index in [9.17, 15) is 30.1 Å². The van der Waals surface area contributed by atoms with E-state index in [4.69, 9.17) is 0 Å². The molecule has 1 aliphatic heterocycles. The lowest BCUT2D eigenvalue weighted by atomic mass is 9.78. The highest BCUT2D eigenvalue weighted by atomic mass is 16.6. The number of phenols is 3. The molecule has 1 fully saturated rings. The van der Waals surface area contributed by atoms with E-state index in [1.165, 1.54) is 0 Å². The molecule has 0 aromatic heterocycles. The lowest BCUT2D eigenvalue weighted by Crippen LogP contribution is -2.65. The molecule has 57 heavy (non-hydrogen) atoms. The monoisotopic (exact) mass is 785 g/mol. The normalized spacial score (nSPS) is 16.9. The molecule has 0 aliphatic carbocycles.